The predicted octanol–water partition coefficient (Wildman–Crippen LogP) is 2.55. The van der Waals surface area contributed by atoms with E-state index in [1.165, 1.54) is 41.1 Å². The van der Waals surface area contributed by atoms with Crippen LogP contribution >= 0.6 is 11.3 Å². The SMILES string of the molecule is O=C(Nc1nccs1)[C@H](CC1CCCCC1)N1CCN(S(=O)(=O)c2ccco2)CC1=O. The largest absolute Gasteiger partial charge is 0.452 e. The van der Waals surface area contributed by atoms with Crippen molar-refractivity contribution in [2.45, 2.75) is 49.7 Å². The minimum absolute atomic E-state index is 0.112. The maximum absolute atomic E-state index is 13.1. The molecule has 31 heavy (non-hydrogen) atoms. The second kappa shape index (κ2) is 9.49. The number of rotatable bonds is 7. The van der Waals surface area contributed by atoms with E-state index in [4.69, 9.17) is 4.42 Å². The number of furan rings is 1. The zero-order valence-corrected chi connectivity index (χ0v) is 18.7. The van der Waals surface area contributed by atoms with Gasteiger partial charge in [0, 0.05) is 24.7 Å². The Morgan fingerprint density at radius 3 is 2.74 bits per heavy atom. The van der Waals surface area contributed by atoms with Crippen molar-refractivity contribution in [2.24, 2.45) is 5.92 Å². The molecule has 1 aliphatic carbocycles. The smallest absolute Gasteiger partial charge is 0.276 e. The van der Waals surface area contributed by atoms with E-state index in [-0.39, 0.29) is 36.5 Å². The highest BCUT2D eigenvalue weighted by atomic mass is 32.2. The summed E-state index contributed by atoms with van der Waals surface area (Å²) in [6.45, 7) is -0.0450. The Bertz CT molecular complexity index is 985. The summed E-state index contributed by atoms with van der Waals surface area (Å²) in [6.07, 6.45) is 9.03. The van der Waals surface area contributed by atoms with Crippen molar-refractivity contribution < 1.29 is 22.4 Å². The molecule has 0 aromatic carbocycles. The van der Waals surface area contributed by atoms with Crippen molar-refractivity contribution in [1.82, 2.24) is 14.2 Å². The van der Waals surface area contributed by atoms with Gasteiger partial charge >= 0.3 is 0 Å². The van der Waals surface area contributed by atoms with Gasteiger partial charge in [-0.05, 0) is 24.5 Å². The van der Waals surface area contributed by atoms with Crippen LogP contribution in [0.3, 0.4) is 0 Å². The van der Waals surface area contributed by atoms with Crippen molar-refractivity contribution in [1.29, 1.82) is 0 Å². The third kappa shape index (κ3) is 4.99. The molecule has 2 amide bonds. The number of carbonyl (C=O) groups is 2. The Balaban J connectivity index is 1.49. The van der Waals surface area contributed by atoms with Crippen LogP contribution in [0.15, 0.2) is 39.5 Å². The molecule has 168 valence electrons. The van der Waals surface area contributed by atoms with Crippen LogP contribution in [0, 0.1) is 5.92 Å². The van der Waals surface area contributed by atoms with Crippen molar-refractivity contribution >= 4 is 38.3 Å². The van der Waals surface area contributed by atoms with Crippen LogP contribution in [0.25, 0.3) is 0 Å². The summed E-state index contributed by atoms with van der Waals surface area (Å²) in [5.74, 6) is -0.272. The van der Waals surface area contributed by atoms with Crippen LogP contribution in [0.2, 0.25) is 0 Å². The molecular weight excluding hydrogens is 440 g/mol. The zero-order valence-electron chi connectivity index (χ0n) is 17.1. The van der Waals surface area contributed by atoms with Gasteiger partial charge in [-0.3, -0.25) is 9.59 Å². The minimum Gasteiger partial charge on any atom is -0.452 e. The van der Waals surface area contributed by atoms with E-state index in [0.29, 0.717) is 17.5 Å². The number of nitrogens with one attached hydrogen (secondary N) is 1. The second-order valence-corrected chi connectivity index (χ2v) is 10.7. The molecule has 1 atom stereocenters. The third-order valence-corrected chi connectivity index (χ3v) is 8.35. The summed E-state index contributed by atoms with van der Waals surface area (Å²) in [6, 6.07) is 2.21. The first-order valence-corrected chi connectivity index (χ1v) is 12.8. The van der Waals surface area contributed by atoms with Crippen LogP contribution in [-0.2, 0) is 19.6 Å². The molecule has 1 N–H and O–H groups in total. The number of hydrogen-bond acceptors (Lipinski definition) is 7. The summed E-state index contributed by atoms with van der Waals surface area (Å²) in [5.41, 5.74) is 0. The second-order valence-electron chi connectivity index (χ2n) is 7.94. The van der Waals surface area contributed by atoms with Gasteiger partial charge in [-0.15, -0.1) is 11.3 Å². The van der Waals surface area contributed by atoms with Crippen LogP contribution in [-0.4, -0.2) is 60.1 Å². The van der Waals surface area contributed by atoms with Crippen LogP contribution in [0.1, 0.15) is 38.5 Å². The highest BCUT2D eigenvalue weighted by Crippen LogP contribution is 2.30. The lowest BCUT2D eigenvalue weighted by atomic mass is 9.84. The fraction of sp³-hybridized carbons (Fsp3) is 0.550. The highest BCUT2D eigenvalue weighted by Gasteiger charge is 2.39. The number of amides is 2. The maximum Gasteiger partial charge on any atom is 0.276 e. The number of anilines is 1. The number of hydrogen-bond donors (Lipinski definition) is 1. The van der Waals surface area contributed by atoms with Gasteiger partial charge in [0.1, 0.15) is 6.04 Å². The highest BCUT2D eigenvalue weighted by molar-refractivity contribution is 7.89. The van der Waals surface area contributed by atoms with E-state index in [0.717, 1.165) is 30.0 Å². The average Bonchev–Trinajstić information content (AvgIpc) is 3.47. The minimum atomic E-state index is -3.88. The molecule has 0 spiro atoms. The number of thiazole rings is 1. The topological polar surface area (TPSA) is 113 Å². The van der Waals surface area contributed by atoms with Gasteiger partial charge in [-0.25, -0.2) is 13.4 Å². The molecule has 2 fully saturated rings. The number of sulfonamides is 1. The molecule has 0 unspecified atom stereocenters. The molecule has 3 heterocycles. The zero-order chi connectivity index (χ0) is 21.8. The molecule has 2 aromatic heterocycles. The van der Waals surface area contributed by atoms with Gasteiger partial charge in [0.15, 0.2) is 5.13 Å². The molecule has 1 saturated heterocycles. The van der Waals surface area contributed by atoms with E-state index in [9.17, 15) is 18.0 Å². The Hall–Kier alpha value is -2.24. The van der Waals surface area contributed by atoms with Crippen molar-refractivity contribution in [3.05, 3.63) is 30.0 Å². The summed E-state index contributed by atoms with van der Waals surface area (Å²) in [5, 5.41) is 4.90. The van der Waals surface area contributed by atoms with Crippen molar-refractivity contribution in [3.8, 4) is 0 Å². The maximum atomic E-state index is 13.1. The number of aromatic nitrogens is 1. The first-order valence-electron chi connectivity index (χ1n) is 10.5. The van der Waals surface area contributed by atoms with Gasteiger partial charge in [-0.1, -0.05) is 32.1 Å². The molecule has 0 radical (unpaired) electrons. The summed E-state index contributed by atoms with van der Waals surface area (Å²) in [7, 11) is -3.88. The van der Waals surface area contributed by atoms with Crippen molar-refractivity contribution in [2.75, 3.05) is 25.0 Å². The first kappa shape index (κ1) is 22.0. The molecule has 2 aromatic rings. The van der Waals surface area contributed by atoms with Crippen LogP contribution < -0.4 is 5.32 Å². The van der Waals surface area contributed by atoms with Crippen molar-refractivity contribution in [3.63, 3.8) is 0 Å². The van der Waals surface area contributed by atoms with Gasteiger partial charge < -0.3 is 14.6 Å². The molecule has 1 saturated carbocycles. The molecule has 4 rings (SSSR count). The lowest BCUT2D eigenvalue weighted by Crippen LogP contribution is -2.58. The molecule has 1 aliphatic heterocycles. The Morgan fingerprint density at radius 1 is 1.29 bits per heavy atom. The molecule has 9 nitrogen and oxygen atoms in total. The number of nitrogens with zero attached hydrogens (tertiary/aromatic N) is 3. The van der Waals surface area contributed by atoms with Gasteiger partial charge in [-0.2, -0.15) is 4.31 Å². The summed E-state index contributed by atoms with van der Waals surface area (Å²) >= 11 is 1.32. The molecule has 0 bridgehead atoms. The first-order chi connectivity index (χ1) is 14.9. The summed E-state index contributed by atoms with van der Waals surface area (Å²) < 4.78 is 31.6. The fourth-order valence-corrected chi connectivity index (χ4v) is 6.14. The Morgan fingerprint density at radius 2 is 2.10 bits per heavy atom. The van der Waals surface area contributed by atoms with E-state index in [1.807, 2.05) is 0 Å². The molecular formula is C20H26N4O5S2. The third-order valence-electron chi connectivity index (χ3n) is 5.93. The van der Waals surface area contributed by atoms with E-state index in [2.05, 4.69) is 10.3 Å². The Labute approximate surface area is 185 Å². The van der Waals surface area contributed by atoms with Gasteiger partial charge in [0.25, 0.3) is 10.0 Å². The number of carbonyl (C=O) groups excluding carboxylic acids is 2. The van der Waals surface area contributed by atoms with E-state index in [1.54, 1.807) is 11.6 Å². The van der Waals surface area contributed by atoms with E-state index < -0.39 is 16.1 Å². The quantitative estimate of drug-likeness (QED) is 0.671. The van der Waals surface area contributed by atoms with Crippen LogP contribution in [0.4, 0.5) is 5.13 Å². The summed E-state index contributed by atoms with van der Waals surface area (Å²) in [4.78, 5) is 31.8. The fourth-order valence-electron chi connectivity index (χ4n) is 4.33. The lowest BCUT2D eigenvalue weighted by molar-refractivity contribution is -0.142. The lowest BCUT2D eigenvalue weighted by Gasteiger charge is -2.39. The standard InChI is InChI=1S/C20H26N4O5S2/c25-17-14-23(31(27,28)18-7-4-11-29-18)9-10-24(17)16(13-15-5-2-1-3-6-15)19(26)22-20-21-8-12-30-20/h4,7-8,11-12,15-16H,1-3,5-6,9-10,13-14H2,(H,21,22,26)/t16-/m0/s1. The normalized spacial score (nSPS) is 20.0. The van der Waals surface area contributed by atoms with Gasteiger partial charge in [0.05, 0.1) is 12.8 Å². The van der Waals surface area contributed by atoms with Crippen LogP contribution in [0.5, 0.6) is 0 Å². The monoisotopic (exact) mass is 466 g/mol. The number of piperazine rings is 1. The molecule has 11 heteroatoms. The molecule has 2 aliphatic rings. The van der Waals surface area contributed by atoms with E-state index >= 15 is 0 Å². The predicted molar refractivity (Wildman–Crippen MR) is 115 cm³/mol. The van der Waals surface area contributed by atoms with Gasteiger partial charge in [0.2, 0.25) is 16.9 Å². The average molecular weight is 467 g/mol. The Kier molecular flexibility index (Phi) is 6.73.